The summed E-state index contributed by atoms with van der Waals surface area (Å²) in [7, 11) is 0. The van der Waals surface area contributed by atoms with Crippen LogP contribution in [-0.4, -0.2) is 11.2 Å². The summed E-state index contributed by atoms with van der Waals surface area (Å²) in [5, 5.41) is 9.68. The second-order valence-electron chi connectivity index (χ2n) is 4.01. The van der Waals surface area contributed by atoms with Crippen LogP contribution in [0.1, 0.15) is 33.6 Å². The predicted octanol–water partition coefficient (Wildman–Crippen LogP) is 2.36. The molecule has 0 aromatic rings. The van der Waals surface area contributed by atoms with Gasteiger partial charge in [-0.2, -0.15) is 0 Å². The maximum atomic E-state index is 9.68. The van der Waals surface area contributed by atoms with E-state index in [9.17, 15) is 5.11 Å². The van der Waals surface area contributed by atoms with Crippen molar-refractivity contribution in [2.24, 2.45) is 11.8 Å². The number of hydrogen-bond acceptors (Lipinski definition) is 1. The van der Waals surface area contributed by atoms with E-state index in [1.54, 1.807) is 0 Å². The molecule has 11 heavy (non-hydrogen) atoms. The highest BCUT2D eigenvalue weighted by Gasteiger charge is 2.20. The summed E-state index contributed by atoms with van der Waals surface area (Å²) >= 11 is 0. The molecule has 64 valence electrons. The lowest BCUT2D eigenvalue weighted by molar-refractivity contribution is 0.156. The van der Waals surface area contributed by atoms with Crippen molar-refractivity contribution in [2.75, 3.05) is 0 Å². The van der Waals surface area contributed by atoms with Crippen LogP contribution in [0.3, 0.4) is 0 Å². The fraction of sp³-hybridized carbons (Fsp3) is 0.800. The van der Waals surface area contributed by atoms with E-state index in [4.69, 9.17) is 0 Å². The van der Waals surface area contributed by atoms with Crippen molar-refractivity contribution < 1.29 is 5.11 Å². The molecule has 0 bridgehead atoms. The Bertz CT molecular complexity index is 158. The van der Waals surface area contributed by atoms with Crippen LogP contribution in [0.15, 0.2) is 11.6 Å². The third kappa shape index (κ3) is 2.06. The second kappa shape index (κ2) is 3.40. The maximum Gasteiger partial charge on any atom is 0.0773 e. The summed E-state index contributed by atoms with van der Waals surface area (Å²) in [5.74, 6) is 1.12. The molecule has 0 aromatic carbocycles. The van der Waals surface area contributed by atoms with Gasteiger partial charge in [-0.1, -0.05) is 26.8 Å². The van der Waals surface area contributed by atoms with Crippen LogP contribution in [0.5, 0.6) is 0 Å². The molecular formula is C10H18O. The first kappa shape index (κ1) is 8.79. The number of aliphatic hydroxyl groups excluding tert-OH is 1. The molecule has 0 aromatic heterocycles. The van der Waals surface area contributed by atoms with E-state index in [1.165, 1.54) is 5.57 Å². The minimum absolute atomic E-state index is 0.194. The number of allylic oxidation sites excluding steroid dienone is 1. The zero-order valence-electron chi connectivity index (χ0n) is 7.67. The van der Waals surface area contributed by atoms with E-state index in [1.807, 2.05) is 0 Å². The van der Waals surface area contributed by atoms with Gasteiger partial charge in [-0.05, 0) is 30.3 Å². The molecule has 1 aliphatic rings. The Morgan fingerprint density at radius 2 is 2.18 bits per heavy atom. The predicted molar refractivity (Wildman–Crippen MR) is 47.3 cm³/mol. The van der Waals surface area contributed by atoms with Crippen molar-refractivity contribution in [3.8, 4) is 0 Å². The SMILES string of the molecule is CC1CC=C(C(O)C(C)C)C1. The molecule has 0 amide bonds. The summed E-state index contributed by atoms with van der Waals surface area (Å²) in [6, 6.07) is 0. The summed E-state index contributed by atoms with van der Waals surface area (Å²) in [5.41, 5.74) is 1.26. The maximum absolute atomic E-state index is 9.68. The van der Waals surface area contributed by atoms with Crippen molar-refractivity contribution in [3.63, 3.8) is 0 Å². The van der Waals surface area contributed by atoms with E-state index in [0.29, 0.717) is 5.92 Å². The van der Waals surface area contributed by atoms with E-state index in [0.717, 1.165) is 18.8 Å². The van der Waals surface area contributed by atoms with Crippen molar-refractivity contribution in [1.82, 2.24) is 0 Å². The van der Waals surface area contributed by atoms with Gasteiger partial charge < -0.3 is 5.11 Å². The highest BCUT2D eigenvalue weighted by atomic mass is 16.3. The standard InChI is InChI=1S/C10H18O/c1-7(2)10(11)9-5-4-8(3)6-9/h5,7-8,10-11H,4,6H2,1-3H3. The molecule has 1 nitrogen and oxygen atoms in total. The Labute approximate surface area is 69.1 Å². The number of hydrogen-bond donors (Lipinski definition) is 1. The van der Waals surface area contributed by atoms with Crippen LogP contribution in [0.2, 0.25) is 0 Å². The van der Waals surface area contributed by atoms with Crippen molar-refractivity contribution in [2.45, 2.75) is 39.7 Å². The monoisotopic (exact) mass is 154 g/mol. The van der Waals surface area contributed by atoms with Crippen LogP contribution >= 0.6 is 0 Å². The fourth-order valence-electron chi connectivity index (χ4n) is 1.59. The van der Waals surface area contributed by atoms with Crippen LogP contribution < -0.4 is 0 Å². The van der Waals surface area contributed by atoms with Gasteiger partial charge in [0.1, 0.15) is 0 Å². The van der Waals surface area contributed by atoms with Gasteiger partial charge in [0.25, 0.3) is 0 Å². The van der Waals surface area contributed by atoms with Gasteiger partial charge in [-0.15, -0.1) is 0 Å². The van der Waals surface area contributed by atoms with Gasteiger partial charge in [0.2, 0.25) is 0 Å². The molecular weight excluding hydrogens is 136 g/mol. The van der Waals surface area contributed by atoms with Crippen LogP contribution in [0.4, 0.5) is 0 Å². The lowest BCUT2D eigenvalue weighted by Gasteiger charge is -2.16. The van der Waals surface area contributed by atoms with Crippen molar-refractivity contribution >= 4 is 0 Å². The minimum Gasteiger partial charge on any atom is -0.388 e. The number of aliphatic hydroxyl groups is 1. The van der Waals surface area contributed by atoms with E-state index < -0.39 is 0 Å². The topological polar surface area (TPSA) is 20.2 Å². The highest BCUT2D eigenvalue weighted by Crippen LogP contribution is 2.28. The molecule has 0 fully saturated rings. The Hall–Kier alpha value is -0.300. The number of rotatable bonds is 2. The zero-order valence-corrected chi connectivity index (χ0v) is 7.67. The quantitative estimate of drug-likeness (QED) is 0.605. The molecule has 1 heteroatoms. The zero-order chi connectivity index (χ0) is 8.43. The molecule has 0 heterocycles. The third-order valence-electron chi connectivity index (χ3n) is 2.38. The average molecular weight is 154 g/mol. The first-order valence-electron chi connectivity index (χ1n) is 4.48. The molecule has 0 aliphatic heterocycles. The summed E-state index contributed by atoms with van der Waals surface area (Å²) in [4.78, 5) is 0. The first-order chi connectivity index (χ1) is 5.11. The van der Waals surface area contributed by atoms with E-state index in [2.05, 4.69) is 26.8 Å². The minimum atomic E-state index is -0.194. The Morgan fingerprint density at radius 1 is 1.55 bits per heavy atom. The van der Waals surface area contributed by atoms with Gasteiger partial charge in [-0.25, -0.2) is 0 Å². The normalized spacial score (nSPS) is 27.4. The first-order valence-corrected chi connectivity index (χ1v) is 4.48. The van der Waals surface area contributed by atoms with Crippen molar-refractivity contribution in [1.29, 1.82) is 0 Å². The lowest BCUT2D eigenvalue weighted by Crippen LogP contribution is -2.16. The average Bonchev–Trinajstić information content (AvgIpc) is 2.34. The molecule has 0 saturated heterocycles. The van der Waals surface area contributed by atoms with Gasteiger partial charge in [-0.3, -0.25) is 0 Å². The lowest BCUT2D eigenvalue weighted by atomic mass is 9.97. The van der Waals surface area contributed by atoms with Gasteiger partial charge in [0, 0.05) is 0 Å². The highest BCUT2D eigenvalue weighted by molar-refractivity contribution is 5.14. The van der Waals surface area contributed by atoms with Gasteiger partial charge in [0.05, 0.1) is 6.10 Å². The Morgan fingerprint density at radius 3 is 2.55 bits per heavy atom. The molecule has 2 atom stereocenters. The second-order valence-corrected chi connectivity index (χ2v) is 4.01. The smallest absolute Gasteiger partial charge is 0.0773 e. The summed E-state index contributed by atoms with van der Waals surface area (Å²) in [6.45, 7) is 6.36. The fourth-order valence-corrected chi connectivity index (χ4v) is 1.59. The molecule has 0 saturated carbocycles. The van der Waals surface area contributed by atoms with Crippen LogP contribution in [0.25, 0.3) is 0 Å². The molecule has 0 spiro atoms. The summed E-state index contributed by atoms with van der Waals surface area (Å²) in [6.07, 6.45) is 4.26. The Balaban J connectivity index is 2.49. The summed E-state index contributed by atoms with van der Waals surface area (Å²) < 4.78 is 0. The van der Waals surface area contributed by atoms with E-state index in [-0.39, 0.29) is 6.10 Å². The molecule has 1 aliphatic carbocycles. The molecule has 1 rings (SSSR count). The van der Waals surface area contributed by atoms with Crippen molar-refractivity contribution in [3.05, 3.63) is 11.6 Å². The van der Waals surface area contributed by atoms with Crippen LogP contribution in [0, 0.1) is 11.8 Å². The van der Waals surface area contributed by atoms with Gasteiger partial charge in [0.15, 0.2) is 0 Å². The van der Waals surface area contributed by atoms with E-state index >= 15 is 0 Å². The largest absolute Gasteiger partial charge is 0.388 e. The van der Waals surface area contributed by atoms with Gasteiger partial charge >= 0.3 is 0 Å². The molecule has 2 unspecified atom stereocenters. The van der Waals surface area contributed by atoms with Crippen LogP contribution in [-0.2, 0) is 0 Å². The third-order valence-corrected chi connectivity index (χ3v) is 2.38. The molecule has 1 N–H and O–H groups in total. The Kier molecular flexibility index (Phi) is 2.72. The molecule has 0 radical (unpaired) electrons.